The van der Waals surface area contributed by atoms with Gasteiger partial charge in [-0.05, 0) is 59.5 Å². The number of piperidine rings is 1. The van der Waals surface area contributed by atoms with Crippen molar-refractivity contribution in [2.45, 2.75) is 51.1 Å². The SMILES string of the molecule is CC(=O)NCCn1c(C2CCCN(C(=O)CC(N)Cc3ccc(-c4ccc(=O)[nH]c4)cc3)C2)cc2ccccc21. The molecule has 0 saturated carbocycles. The van der Waals surface area contributed by atoms with Crippen molar-refractivity contribution < 1.29 is 9.59 Å². The van der Waals surface area contributed by atoms with Crippen LogP contribution in [-0.4, -0.2) is 51.9 Å². The number of aromatic amines is 1. The zero-order valence-electron chi connectivity index (χ0n) is 22.9. The van der Waals surface area contributed by atoms with Crippen LogP contribution in [0.2, 0.25) is 0 Å². The van der Waals surface area contributed by atoms with E-state index in [1.54, 1.807) is 12.3 Å². The minimum atomic E-state index is -0.268. The Labute approximate surface area is 234 Å². The molecule has 2 atom stereocenters. The number of fused-ring (bicyclic) bond motifs is 1. The number of hydrogen-bond donors (Lipinski definition) is 3. The van der Waals surface area contributed by atoms with Gasteiger partial charge in [0.25, 0.3) is 0 Å². The van der Waals surface area contributed by atoms with Crippen molar-refractivity contribution in [1.82, 2.24) is 19.8 Å². The molecule has 8 nitrogen and oxygen atoms in total. The van der Waals surface area contributed by atoms with Gasteiger partial charge in [0.1, 0.15) is 0 Å². The number of aromatic nitrogens is 2. The predicted molar refractivity (Wildman–Crippen MR) is 158 cm³/mol. The molecule has 4 aromatic rings. The summed E-state index contributed by atoms with van der Waals surface area (Å²) in [5, 5.41) is 4.09. The van der Waals surface area contributed by atoms with Crippen LogP contribution in [0.1, 0.15) is 43.4 Å². The van der Waals surface area contributed by atoms with E-state index in [2.05, 4.69) is 33.1 Å². The second-order valence-electron chi connectivity index (χ2n) is 10.7. The van der Waals surface area contributed by atoms with Crippen LogP contribution >= 0.6 is 0 Å². The van der Waals surface area contributed by atoms with Crippen LogP contribution < -0.4 is 16.6 Å². The summed E-state index contributed by atoms with van der Waals surface area (Å²) in [7, 11) is 0. The van der Waals surface area contributed by atoms with Crippen molar-refractivity contribution in [2.24, 2.45) is 5.73 Å². The molecular weight excluding hydrogens is 502 g/mol. The van der Waals surface area contributed by atoms with Gasteiger partial charge < -0.3 is 25.5 Å². The molecule has 0 spiro atoms. The fraction of sp³-hybridized carbons (Fsp3) is 0.344. The molecule has 2 amide bonds. The largest absolute Gasteiger partial charge is 0.355 e. The Bertz CT molecular complexity index is 1520. The number of para-hydroxylation sites is 1. The van der Waals surface area contributed by atoms with E-state index in [1.807, 2.05) is 41.3 Å². The fourth-order valence-corrected chi connectivity index (χ4v) is 5.76. The molecule has 1 saturated heterocycles. The molecule has 1 aliphatic heterocycles. The Kier molecular flexibility index (Phi) is 8.45. The summed E-state index contributed by atoms with van der Waals surface area (Å²) < 4.78 is 2.30. The number of hydrogen-bond acceptors (Lipinski definition) is 4. The van der Waals surface area contributed by atoms with Gasteiger partial charge in [-0.1, -0.05) is 42.5 Å². The highest BCUT2D eigenvalue weighted by atomic mass is 16.2. The van der Waals surface area contributed by atoms with Crippen molar-refractivity contribution in [1.29, 1.82) is 0 Å². The van der Waals surface area contributed by atoms with E-state index in [1.165, 1.54) is 24.1 Å². The van der Waals surface area contributed by atoms with Gasteiger partial charge in [0.2, 0.25) is 17.4 Å². The van der Waals surface area contributed by atoms with E-state index < -0.39 is 0 Å². The van der Waals surface area contributed by atoms with Gasteiger partial charge in [-0.2, -0.15) is 0 Å². The first-order valence-electron chi connectivity index (χ1n) is 14.0. The highest BCUT2D eigenvalue weighted by Crippen LogP contribution is 2.32. The Balaban J connectivity index is 1.21. The lowest BCUT2D eigenvalue weighted by atomic mass is 9.93. The number of nitrogens with two attached hydrogens (primary N) is 1. The maximum Gasteiger partial charge on any atom is 0.247 e. The van der Waals surface area contributed by atoms with Gasteiger partial charge in [-0.25, -0.2) is 0 Å². The highest BCUT2D eigenvalue weighted by Gasteiger charge is 2.28. The number of nitrogens with zero attached hydrogens (tertiary/aromatic N) is 2. The zero-order chi connectivity index (χ0) is 28.1. The monoisotopic (exact) mass is 539 g/mol. The zero-order valence-corrected chi connectivity index (χ0v) is 22.9. The minimum Gasteiger partial charge on any atom is -0.355 e. The number of benzene rings is 2. The van der Waals surface area contributed by atoms with Gasteiger partial charge in [-0.15, -0.1) is 0 Å². The quantitative estimate of drug-likeness (QED) is 0.300. The van der Waals surface area contributed by atoms with E-state index in [-0.39, 0.29) is 29.3 Å². The lowest BCUT2D eigenvalue weighted by molar-refractivity contribution is -0.132. The highest BCUT2D eigenvalue weighted by molar-refractivity contribution is 5.82. The molecule has 0 radical (unpaired) electrons. The molecule has 5 rings (SSSR count). The molecule has 4 N–H and O–H groups in total. The molecule has 2 aromatic heterocycles. The summed E-state index contributed by atoms with van der Waals surface area (Å²) in [5.74, 6) is 0.301. The topological polar surface area (TPSA) is 113 Å². The van der Waals surface area contributed by atoms with Crippen LogP contribution in [0.15, 0.2) is 77.7 Å². The average molecular weight is 540 g/mol. The van der Waals surface area contributed by atoms with Crippen molar-refractivity contribution in [3.05, 3.63) is 94.5 Å². The van der Waals surface area contributed by atoms with E-state index in [4.69, 9.17) is 5.73 Å². The molecule has 8 heteroatoms. The average Bonchev–Trinajstić information content (AvgIpc) is 3.32. The third-order valence-electron chi connectivity index (χ3n) is 7.75. The van der Waals surface area contributed by atoms with E-state index in [0.29, 0.717) is 32.5 Å². The molecule has 0 aliphatic carbocycles. The molecule has 40 heavy (non-hydrogen) atoms. The Morgan fingerprint density at radius 3 is 2.60 bits per heavy atom. The smallest absolute Gasteiger partial charge is 0.247 e. The molecule has 2 aromatic carbocycles. The number of H-pyrrole nitrogens is 1. The molecule has 208 valence electrons. The predicted octanol–water partition coefficient (Wildman–Crippen LogP) is 3.80. The summed E-state index contributed by atoms with van der Waals surface area (Å²) in [6, 6.07) is 21.7. The summed E-state index contributed by atoms with van der Waals surface area (Å²) in [6.45, 7) is 4.22. The number of amides is 2. The molecular formula is C32H37N5O3. The second-order valence-corrected chi connectivity index (χ2v) is 10.7. The van der Waals surface area contributed by atoms with Crippen molar-refractivity contribution in [2.75, 3.05) is 19.6 Å². The molecule has 1 fully saturated rings. The van der Waals surface area contributed by atoms with Gasteiger partial charge in [-0.3, -0.25) is 14.4 Å². The second kappa shape index (κ2) is 12.3. The van der Waals surface area contributed by atoms with Crippen LogP contribution in [0.25, 0.3) is 22.0 Å². The maximum absolute atomic E-state index is 13.3. The minimum absolute atomic E-state index is 0.0338. The van der Waals surface area contributed by atoms with Gasteiger partial charge >= 0.3 is 0 Å². The van der Waals surface area contributed by atoms with Crippen LogP contribution in [0.5, 0.6) is 0 Å². The van der Waals surface area contributed by atoms with Crippen LogP contribution in [0, 0.1) is 0 Å². The normalized spacial score (nSPS) is 16.1. The number of nitrogens with one attached hydrogen (secondary N) is 2. The number of rotatable bonds is 9. The number of pyridine rings is 1. The molecule has 3 heterocycles. The Morgan fingerprint density at radius 2 is 1.85 bits per heavy atom. The Morgan fingerprint density at radius 1 is 1.07 bits per heavy atom. The third kappa shape index (κ3) is 6.51. The summed E-state index contributed by atoms with van der Waals surface area (Å²) in [4.78, 5) is 40.7. The molecule has 2 unspecified atom stereocenters. The van der Waals surface area contributed by atoms with Gasteiger partial charge in [0.05, 0.1) is 0 Å². The molecule has 0 bridgehead atoms. The standard InChI is InChI=1S/C32H37N5O3/c1-22(38)34-14-16-37-29-7-3-2-5-25(29)18-30(37)27-6-4-15-36(21-27)32(40)19-28(33)17-23-8-10-24(11-9-23)26-12-13-31(39)35-20-26/h2-3,5,7-13,18,20,27-28H,4,6,14-17,19,21,33H2,1H3,(H,34,38)(H,35,39). The number of likely N-dealkylation sites (tertiary alicyclic amines) is 1. The summed E-state index contributed by atoms with van der Waals surface area (Å²) >= 11 is 0. The van der Waals surface area contributed by atoms with Crippen LogP contribution in [0.3, 0.4) is 0 Å². The summed E-state index contributed by atoms with van der Waals surface area (Å²) in [6.07, 6.45) is 4.60. The summed E-state index contributed by atoms with van der Waals surface area (Å²) in [5.41, 5.74) is 11.7. The lowest BCUT2D eigenvalue weighted by Crippen LogP contribution is -2.42. The first-order chi connectivity index (χ1) is 19.4. The number of carbonyl (C=O) groups is 2. The van der Waals surface area contributed by atoms with Gasteiger partial charge in [0.15, 0.2) is 0 Å². The fourth-order valence-electron chi connectivity index (χ4n) is 5.76. The van der Waals surface area contributed by atoms with Crippen LogP contribution in [0.4, 0.5) is 0 Å². The van der Waals surface area contributed by atoms with E-state index in [0.717, 1.165) is 41.6 Å². The van der Waals surface area contributed by atoms with Crippen molar-refractivity contribution >= 4 is 22.7 Å². The van der Waals surface area contributed by atoms with Crippen LogP contribution in [-0.2, 0) is 22.6 Å². The molecule has 1 aliphatic rings. The van der Waals surface area contributed by atoms with Crippen molar-refractivity contribution in [3.63, 3.8) is 0 Å². The first kappa shape index (κ1) is 27.4. The van der Waals surface area contributed by atoms with Gasteiger partial charge in [0, 0.05) is 75.0 Å². The van der Waals surface area contributed by atoms with Crippen molar-refractivity contribution in [3.8, 4) is 11.1 Å². The van der Waals surface area contributed by atoms with E-state index in [9.17, 15) is 14.4 Å². The first-order valence-corrected chi connectivity index (χ1v) is 14.0. The maximum atomic E-state index is 13.3. The lowest BCUT2D eigenvalue weighted by Gasteiger charge is -2.34. The van der Waals surface area contributed by atoms with E-state index >= 15 is 0 Å². The third-order valence-corrected chi connectivity index (χ3v) is 7.75. The Hall–Kier alpha value is -4.17. The number of carbonyl (C=O) groups excluding carboxylic acids is 2.